The average Bonchev–Trinajstić information content (AvgIpc) is 2.77. The van der Waals surface area contributed by atoms with E-state index < -0.39 is 5.92 Å². The summed E-state index contributed by atoms with van der Waals surface area (Å²) >= 11 is 0. The topological polar surface area (TPSA) is 33.4 Å². The van der Waals surface area contributed by atoms with Crippen molar-refractivity contribution in [3.05, 3.63) is 24.7 Å². The largest absolute Gasteiger partial charge is 0.354 e. The molecule has 17 heavy (non-hydrogen) atoms. The lowest BCUT2D eigenvalue weighted by atomic mass is 10.1. The lowest BCUT2D eigenvalue weighted by Gasteiger charge is -2.32. The van der Waals surface area contributed by atoms with E-state index >= 15 is 0 Å². The third-order valence-corrected chi connectivity index (χ3v) is 3.10. The first-order chi connectivity index (χ1) is 8.16. The van der Waals surface area contributed by atoms with Crippen LogP contribution in [0.3, 0.4) is 0 Å². The molecule has 1 saturated heterocycles. The van der Waals surface area contributed by atoms with E-state index in [9.17, 15) is 8.78 Å². The van der Waals surface area contributed by atoms with E-state index in [1.807, 2.05) is 11.0 Å². The molecule has 0 amide bonds. The van der Waals surface area contributed by atoms with Crippen LogP contribution in [0.4, 0.5) is 14.6 Å². The number of hydrogen-bond acceptors (Lipinski definition) is 3. The van der Waals surface area contributed by atoms with Crippen LogP contribution in [0.1, 0.15) is 12.8 Å². The second-order valence-electron chi connectivity index (χ2n) is 4.25. The fourth-order valence-electron chi connectivity index (χ4n) is 2.13. The van der Waals surface area contributed by atoms with Gasteiger partial charge in [0, 0.05) is 38.3 Å². The Morgan fingerprint density at radius 2 is 1.94 bits per heavy atom. The van der Waals surface area contributed by atoms with Gasteiger partial charge in [-0.15, -0.1) is 0 Å². The summed E-state index contributed by atoms with van der Waals surface area (Å²) in [6.07, 6.45) is 4.85. The van der Waals surface area contributed by atoms with Crippen molar-refractivity contribution >= 4 is 11.3 Å². The predicted molar refractivity (Wildman–Crippen MR) is 59.4 cm³/mol. The Balaban J connectivity index is 1.92. The molecule has 0 saturated carbocycles. The van der Waals surface area contributed by atoms with Crippen molar-refractivity contribution in [3.8, 4) is 0 Å². The van der Waals surface area contributed by atoms with E-state index in [4.69, 9.17) is 0 Å². The summed E-state index contributed by atoms with van der Waals surface area (Å²) in [4.78, 5) is 6.17. The lowest BCUT2D eigenvalue weighted by Crippen LogP contribution is -2.39. The first-order valence-electron chi connectivity index (χ1n) is 5.57. The summed E-state index contributed by atoms with van der Waals surface area (Å²) in [6, 6.07) is 1.84. The zero-order chi connectivity index (χ0) is 11.9. The molecule has 3 heterocycles. The summed E-state index contributed by atoms with van der Waals surface area (Å²) in [7, 11) is 0. The minimum Gasteiger partial charge on any atom is -0.354 e. The van der Waals surface area contributed by atoms with Crippen LogP contribution >= 0.6 is 0 Å². The molecule has 0 aliphatic carbocycles. The van der Waals surface area contributed by atoms with Crippen LogP contribution < -0.4 is 4.90 Å². The number of halogens is 2. The van der Waals surface area contributed by atoms with Gasteiger partial charge >= 0.3 is 0 Å². The number of aromatic nitrogens is 3. The van der Waals surface area contributed by atoms with Gasteiger partial charge in [0.15, 0.2) is 5.82 Å². The molecule has 90 valence electrons. The molecule has 1 aliphatic rings. The van der Waals surface area contributed by atoms with E-state index in [2.05, 4.69) is 10.1 Å². The molecule has 0 radical (unpaired) electrons. The molecule has 3 rings (SSSR count). The highest BCUT2D eigenvalue weighted by atomic mass is 19.3. The lowest BCUT2D eigenvalue weighted by molar-refractivity contribution is -0.0221. The van der Waals surface area contributed by atoms with Crippen molar-refractivity contribution in [2.24, 2.45) is 0 Å². The number of fused-ring (bicyclic) bond motifs is 1. The Kier molecular flexibility index (Phi) is 2.24. The zero-order valence-electron chi connectivity index (χ0n) is 9.18. The molecular weight excluding hydrogens is 226 g/mol. The maximum Gasteiger partial charge on any atom is 0.251 e. The summed E-state index contributed by atoms with van der Waals surface area (Å²) in [6.45, 7) is 0.676. The van der Waals surface area contributed by atoms with Crippen LogP contribution in [0, 0.1) is 0 Å². The van der Waals surface area contributed by atoms with E-state index in [1.165, 1.54) is 0 Å². The van der Waals surface area contributed by atoms with Crippen LogP contribution in [0.15, 0.2) is 24.7 Å². The van der Waals surface area contributed by atoms with Crippen molar-refractivity contribution < 1.29 is 8.78 Å². The van der Waals surface area contributed by atoms with E-state index in [0.717, 1.165) is 11.3 Å². The number of rotatable bonds is 1. The highest BCUT2D eigenvalue weighted by Gasteiger charge is 2.34. The van der Waals surface area contributed by atoms with Crippen molar-refractivity contribution in [2.45, 2.75) is 18.8 Å². The Labute approximate surface area is 96.9 Å². The summed E-state index contributed by atoms with van der Waals surface area (Å²) in [5.74, 6) is -1.79. The third-order valence-electron chi connectivity index (χ3n) is 3.10. The molecule has 1 aliphatic heterocycles. The van der Waals surface area contributed by atoms with E-state index in [0.29, 0.717) is 13.1 Å². The van der Waals surface area contributed by atoms with Gasteiger partial charge in [-0.2, -0.15) is 5.10 Å². The Morgan fingerprint density at radius 1 is 1.18 bits per heavy atom. The second-order valence-corrected chi connectivity index (χ2v) is 4.25. The predicted octanol–water partition coefficient (Wildman–Crippen LogP) is 1.96. The molecule has 2 aromatic heterocycles. The van der Waals surface area contributed by atoms with E-state index in [1.54, 1.807) is 23.1 Å². The smallest absolute Gasteiger partial charge is 0.251 e. The molecule has 0 aromatic carbocycles. The molecule has 4 nitrogen and oxygen atoms in total. The molecule has 2 aromatic rings. The van der Waals surface area contributed by atoms with Crippen LogP contribution in [0.25, 0.3) is 5.52 Å². The maximum absolute atomic E-state index is 13.1. The van der Waals surface area contributed by atoms with Gasteiger partial charge in [0.2, 0.25) is 0 Å². The highest BCUT2D eigenvalue weighted by molar-refractivity contribution is 5.68. The molecule has 1 fully saturated rings. The summed E-state index contributed by atoms with van der Waals surface area (Å²) in [5.41, 5.74) is 0.859. The van der Waals surface area contributed by atoms with Gasteiger partial charge < -0.3 is 4.90 Å². The number of anilines is 1. The van der Waals surface area contributed by atoms with Gasteiger partial charge in [-0.05, 0) is 6.07 Å². The van der Waals surface area contributed by atoms with Crippen molar-refractivity contribution in [2.75, 3.05) is 18.0 Å². The van der Waals surface area contributed by atoms with Crippen LogP contribution in [-0.2, 0) is 0 Å². The fourth-order valence-corrected chi connectivity index (χ4v) is 2.13. The minimum absolute atomic E-state index is 0.107. The quantitative estimate of drug-likeness (QED) is 0.761. The molecule has 0 bridgehead atoms. The van der Waals surface area contributed by atoms with Gasteiger partial charge in [-0.1, -0.05) is 0 Å². The standard InChI is InChI=1S/C11H12F2N4/c12-11(13)2-6-16(7-3-11)10-9-1-4-15-17(9)8-5-14-10/h1,4-5,8H,2-3,6-7H2. The van der Waals surface area contributed by atoms with Gasteiger partial charge in [0.25, 0.3) is 5.92 Å². The van der Waals surface area contributed by atoms with Gasteiger partial charge in [-0.3, -0.25) is 0 Å². The Bertz CT molecular complexity index is 527. The van der Waals surface area contributed by atoms with Gasteiger partial charge in [0.05, 0.1) is 6.20 Å². The monoisotopic (exact) mass is 238 g/mol. The van der Waals surface area contributed by atoms with Crippen molar-refractivity contribution in [1.82, 2.24) is 14.6 Å². The number of hydrogen-bond donors (Lipinski definition) is 0. The van der Waals surface area contributed by atoms with Crippen LogP contribution in [-0.4, -0.2) is 33.6 Å². The molecule has 0 N–H and O–H groups in total. The minimum atomic E-state index is -2.53. The molecule has 0 spiro atoms. The van der Waals surface area contributed by atoms with Crippen LogP contribution in [0.2, 0.25) is 0 Å². The SMILES string of the molecule is FC1(F)CCN(c2nccn3nccc23)CC1. The molecule has 0 atom stereocenters. The normalized spacial score (nSPS) is 19.8. The first-order valence-corrected chi connectivity index (χ1v) is 5.57. The van der Waals surface area contributed by atoms with Gasteiger partial charge in [0.1, 0.15) is 5.52 Å². The molecule has 0 unspecified atom stereocenters. The third kappa shape index (κ3) is 1.83. The highest BCUT2D eigenvalue weighted by Crippen LogP contribution is 2.30. The number of nitrogens with zero attached hydrogens (tertiary/aromatic N) is 4. The molecule has 6 heteroatoms. The first kappa shape index (κ1) is 10.4. The summed E-state index contributed by atoms with van der Waals surface area (Å²) < 4.78 is 27.9. The Hall–Kier alpha value is -1.72. The van der Waals surface area contributed by atoms with Crippen molar-refractivity contribution in [3.63, 3.8) is 0 Å². The van der Waals surface area contributed by atoms with Gasteiger partial charge in [-0.25, -0.2) is 18.3 Å². The van der Waals surface area contributed by atoms with E-state index in [-0.39, 0.29) is 12.8 Å². The zero-order valence-corrected chi connectivity index (χ0v) is 9.18. The molecular formula is C11H12F2N4. The summed E-state index contributed by atoms with van der Waals surface area (Å²) in [5, 5.41) is 4.10. The number of alkyl halides is 2. The maximum atomic E-state index is 13.1. The fraction of sp³-hybridized carbons (Fsp3) is 0.455. The van der Waals surface area contributed by atoms with Crippen LogP contribution in [0.5, 0.6) is 0 Å². The Morgan fingerprint density at radius 3 is 2.71 bits per heavy atom. The van der Waals surface area contributed by atoms with Crippen molar-refractivity contribution in [1.29, 1.82) is 0 Å². The second kappa shape index (κ2) is 3.65. The number of piperidine rings is 1. The average molecular weight is 238 g/mol.